The number of amides is 1. The van der Waals surface area contributed by atoms with Crippen LogP contribution in [0.3, 0.4) is 0 Å². The Balaban J connectivity index is 1.43. The molecule has 1 aliphatic rings. The van der Waals surface area contributed by atoms with Gasteiger partial charge in [0.15, 0.2) is 0 Å². The monoisotopic (exact) mass is 381 g/mol. The maximum Gasteiger partial charge on any atom is 0.246 e. The van der Waals surface area contributed by atoms with E-state index >= 15 is 0 Å². The van der Waals surface area contributed by atoms with Gasteiger partial charge in [-0.3, -0.25) is 4.79 Å². The Morgan fingerprint density at radius 3 is 2.67 bits per heavy atom. The third-order valence-corrected chi connectivity index (χ3v) is 5.64. The van der Waals surface area contributed by atoms with Gasteiger partial charge in [0.2, 0.25) is 11.7 Å². The number of thiophene rings is 1. The van der Waals surface area contributed by atoms with E-state index in [-0.39, 0.29) is 12.5 Å². The highest BCUT2D eigenvalue weighted by molar-refractivity contribution is 7.13. The molecule has 1 amide bonds. The van der Waals surface area contributed by atoms with Gasteiger partial charge in [-0.15, -0.1) is 21.5 Å². The molecule has 27 heavy (non-hydrogen) atoms. The lowest BCUT2D eigenvalue weighted by Crippen LogP contribution is -2.35. The van der Waals surface area contributed by atoms with Crippen molar-refractivity contribution in [1.82, 2.24) is 25.1 Å². The standard InChI is InChI=1S/C20H23N5OS/c1-14(2)16-7-5-15(6-8-16)12-24(17-9-10-17)19(26)13-25-22-20(21-23-25)18-4-3-11-27-18/h3-8,11,14,17H,9-10,12-13H2,1-2H3. The molecular formula is C20H23N5OS. The fraction of sp³-hybridized carbons (Fsp3) is 0.400. The molecule has 7 heteroatoms. The average Bonchev–Trinajstić information content (AvgIpc) is 3.15. The summed E-state index contributed by atoms with van der Waals surface area (Å²) in [4.78, 5) is 17.2. The quantitative estimate of drug-likeness (QED) is 0.626. The summed E-state index contributed by atoms with van der Waals surface area (Å²) in [6, 6.07) is 12.8. The van der Waals surface area contributed by atoms with Gasteiger partial charge in [0.25, 0.3) is 0 Å². The van der Waals surface area contributed by atoms with Crippen LogP contribution in [-0.2, 0) is 17.9 Å². The second-order valence-electron chi connectivity index (χ2n) is 7.27. The van der Waals surface area contributed by atoms with Crippen LogP contribution in [0.1, 0.15) is 43.7 Å². The lowest BCUT2D eigenvalue weighted by molar-refractivity contribution is -0.133. The van der Waals surface area contributed by atoms with Crippen molar-refractivity contribution in [1.29, 1.82) is 0 Å². The predicted octanol–water partition coefficient (Wildman–Crippen LogP) is 3.72. The zero-order valence-electron chi connectivity index (χ0n) is 15.6. The summed E-state index contributed by atoms with van der Waals surface area (Å²) in [7, 11) is 0. The highest BCUT2D eigenvalue weighted by atomic mass is 32.1. The normalized spacial score (nSPS) is 13.9. The van der Waals surface area contributed by atoms with E-state index in [0.717, 1.165) is 23.3 Å². The first-order chi connectivity index (χ1) is 13.1. The highest BCUT2D eigenvalue weighted by Crippen LogP contribution is 2.29. The minimum absolute atomic E-state index is 0.0422. The van der Waals surface area contributed by atoms with Crippen LogP contribution < -0.4 is 0 Å². The smallest absolute Gasteiger partial charge is 0.246 e. The first-order valence-electron chi connectivity index (χ1n) is 9.30. The number of hydrogen-bond donors (Lipinski definition) is 0. The largest absolute Gasteiger partial charge is 0.334 e. The number of nitrogens with zero attached hydrogens (tertiary/aromatic N) is 5. The summed E-state index contributed by atoms with van der Waals surface area (Å²) in [5, 5.41) is 14.4. The molecule has 0 bridgehead atoms. The number of benzene rings is 1. The zero-order valence-corrected chi connectivity index (χ0v) is 16.4. The van der Waals surface area contributed by atoms with E-state index < -0.39 is 0 Å². The van der Waals surface area contributed by atoms with Gasteiger partial charge in [0, 0.05) is 12.6 Å². The SMILES string of the molecule is CC(C)c1ccc(CN(C(=O)Cn2nnc(-c3cccs3)n2)C2CC2)cc1. The van der Waals surface area contributed by atoms with E-state index in [0.29, 0.717) is 24.3 Å². The number of rotatable bonds is 7. The Morgan fingerprint density at radius 2 is 2.04 bits per heavy atom. The van der Waals surface area contributed by atoms with Gasteiger partial charge in [-0.2, -0.15) is 4.80 Å². The first-order valence-corrected chi connectivity index (χ1v) is 10.2. The van der Waals surface area contributed by atoms with Crippen molar-refractivity contribution >= 4 is 17.2 Å². The van der Waals surface area contributed by atoms with Crippen molar-refractivity contribution in [3.8, 4) is 10.7 Å². The summed E-state index contributed by atoms with van der Waals surface area (Å²) < 4.78 is 0. The third kappa shape index (κ3) is 4.24. The van der Waals surface area contributed by atoms with Crippen molar-refractivity contribution in [3.63, 3.8) is 0 Å². The molecule has 1 saturated carbocycles. The van der Waals surface area contributed by atoms with Gasteiger partial charge in [0.05, 0.1) is 4.88 Å². The maximum atomic E-state index is 12.9. The molecule has 2 aromatic heterocycles. The highest BCUT2D eigenvalue weighted by Gasteiger charge is 2.32. The van der Waals surface area contributed by atoms with Gasteiger partial charge in [-0.05, 0) is 46.5 Å². The van der Waals surface area contributed by atoms with E-state index in [4.69, 9.17) is 0 Å². The zero-order chi connectivity index (χ0) is 18.8. The lowest BCUT2D eigenvalue weighted by Gasteiger charge is -2.22. The molecule has 0 radical (unpaired) electrons. The molecule has 0 atom stereocenters. The Kier molecular flexibility index (Phi) is 5.03. The van der Waals surface area contributed by atoms with Crippen molar-refractivity contribution in [2.24, 2.45) is 0 Å². The molecule has 0 aliphatic heterocycles. The minimum atomic E-state index is 0.0422. The molecule has 0 spiro atoms. The van der Waals surface area contributed by atoms with Crippen LogP contribution in [0.5, 0.6) is 0 Å². The van der Waals surface area contributed by atoms with Gasteiger partial charge in [-0.1, -0.05) is 44.2 Å². The molecule has 0 unspecified atom stereocenters. The maximum absolute atomic E-state index is 12.9. The second-order valence-corrected chi connectivity index (χ2v) is 8.22. The van der Waals surface area contributed by atoms with Crippen LogP contribution in [0, 0.1) is 0 Å². The summed E-state index contributed by atoms with van der Waals surface area (Å²) in [5.74, 6) is 1.12. The third-order valence-electron chi connectivity index (χ3n) is 4.78. The number of tetrazole rings is 1. The molecular weight excluding hydrogens is 358 g/mol. The number of hydrogen-bond acceptors (Lipinski definition) is 5. The summed E-state index contributed by atoms with van der Waals surface area (Å²) in [5.41, 5.74) is 2.47. The topological polar surface area (TPSA) is 63.9 Å². The van der Waals surface area contributed by atoms with Crippen molar-refractivity contribution in [3.05, 3.63) is 52.9 Å². The average molecular weight is 382 g/mol. The minimum Gasteiger partial charge on any atom is -0.334 e. The van der Waals surface area contributed by atoms with Crippen LogP contribution in [-0.4, -0.2) is 37.1 Å². The second kappa shape index (κ2) is 7.60. The van der Waals surface area contributed by atoms with Gasteiger partial charge >= 0.3 is 0 Å². The molecule has 1 aromatic carbocycles. The Hall–Kier alpha value is -2.54. The number of carbonyl (C=O) groups is 1. The van der Waals surface area contributed by atoms with Crippen LogP contribution in [0.15, 0.2) is 41.8 Å². The summed E-state index contributed by atoms with van der Waals surface area (Å²) in [6.07, 6.45) is 2.14. The van der Waals surface area contributed by atoms with Crippen molar-refractivity contribution in [2.75, 3.05) is 0 Å². The predicted molar refractivity (Wildman–Crippen MR) is 105 cm³/mol. The molecule has 2 heterocycles. The van der Waals surface area contributed by atoms with E-state index in [1.165, 1.54) is 10.4 Å². The Labute approximate surface area is 162 Å². The molecule has 0 saturated heterocycles. The van der Waals surface area contributed by atoms with Crippen molar-refractivity contribution < 1.29 is 4.79 Å². The van der Waals surface area contributed by atoms with E-state index in [1.807, 2.05) is 22.4 Å². The van der Waals surface area contributed by atoms with Gasteiger partial charge in [0.1, 0.15) is 6.54 Å². The van der Waals surface area contributed by atoms with Gasteiger partial charge in [-0.25, -0.2) is 0 Å². The first kappa shape index (κ1) is 17.9. The van der Waals surface area contributed by atoms with E-state index in [2.05, 4.69) is 53.5 Å². The molecule has 4 rings (SSSR count). The number of carbonyl (C=O) groups excluding carboxylic acids is 1. The van der Waals surface area contributed by atoms with Gasteiger partial charge < -0.3 is 4.90 Å². The molecule has 0 N–H and O–H groups in total. The number of aromatic nitrogens is 4. The van der Waals surface area contributed by atoms with E-state index in [1.54, 1.807) is 11.3 Å². The fourth-order valence-electron chi connectivity index (χ4n) is 3.04. The molecule has 140 valence electrons. The van der Waals surface area contributed by atoms with Crippen LogP contribution in [0.4, 0.5) is 0 Å². The fourth-order valence-corrected chi connectivity index (χ4v) is 3.69. The lowest BCUT2D eigenvalue weighted by atomic mass is 10.0. The molecule has 6 nitrogen and oxygen atoms in total. The van der Waals surface area contributed by atoms with Crippen LogP contribution in [0.25, 0.3) is 10.7 Å². The Morgan fingerprint density at radius 1 is 1.26 bits per heavy atom. The van der Waals surface area contributed by atoms with Crippen LogP contribution in [0.2, 0.25) is 0 Å². The Bertz CT molecular complexity index is 897. The molecule has 1 fully saturated rings. The molecule has 1 aliphatic carbocycles. The van der Waals surface area contributed by atoms with E-state index in [9.17, 15) is 4.79 Å². The summed E-state index contributed by atoms with van der Waals surface area (Å²) >= 11 is 1.56. The summed E-state index contributed by atoms with van der Waals surface area (Å²) in [6.45, 7) is 5.13. The molecule has 3 aromatic rings. The van der Waals surface area contributed by atoms with Crippen LogP contribution >= 0.6 is 11.3 Å². The van der Waals surface area contributed by atoms with Crippen molar-refractivity contribution in [2.45, 2.75) is 51.7 Å².